The van der Waals surface area contributed by atoms with Gasteiger partial charge in [0, 0.05) is 11.6 Å². The summed E-state index contributed by atoms with van der Waals surface area (Å²) in [7, 11) is 0. The molecule has 2 aliphatic carbocycles. The fourth-order valence-electron chi connectivity index (χ4n) is 4.86. The molecule has 2 aromatic carbocycles. The number of benzene rings is 2. The van der Waals surface area contributed by atoms with Crippen molar-refractivity contribution in [3.05, 3.63) is 80.6 Å². The van der Waals surface area contributed by atoms with Gasteiger partial charge in [-0.25, -0.2) is 4.39 Å². The number of rotatable bonds is 6. The minimum Gasteiger partial charge on any atom is -0.481 e. The molecule has 33 heavy (non-hydrogen) atoms. The van der Waals surface area contributed by atoms with E-state index in [4.69, 9.17) is 16.3 Å². The van der Waals surface area contributed by atoms with Crippen molar-refractivity contribution in [2.24, 2.45) is 28.8 Å². The van der Waals surface area contributed by atoms with Crippen molar-refractivity contribution in [2.75, 3.05) is 0 Å². The van der Waals surface area contributed by atoms with Crippen molar-refractivity contribution in [3.8, 4) is 5.75 Å². The van der Waals surface area contributed by atoms with Gasteiger partial charge >= 0.3 is 5.69 Å². The molecule has 168 valence electrons. The van der Waals surface area contributed by atoms with Crippen LogP contribution in [-0.2, 0) is 16.2 Å². The smallest absolute Gasteiger partial charge is 0.313 e. The first-order valence-corrected chi connectivity index (χ1v) is 10.7. The van der Waals surface area contributed by atoms with Gasteiger partial charge < -0.3 is 4.74 Å². The first-order chi connectivity index (χ1) is 15.8. The average molecular weight is 470 g/mol. The van der Waals surface area contributed by atoms with E-state index < -0.39 is 16.4 Å². The zero-order chi connectivity index (χ0) is 23.3. The zero-order valence-corrected chi connectivity index (χ0v) is 17.8. The van der Waals surface area contributed by atoms with E-state index in [0.29, 0.717) is 5.56 Å². The molecule has 0 spiro atoms. The summed E-state index contributed by atoms with van der Waals surface area (Å²) in [5.74, 6) is -2.00. The van der Waals surface area contributed by atoms with Crippen molar-refractivity contribution in [2.45, 2.75) is 13.0 Å². The lowest BCUT2D eigenvalue weighted by atomic mass is 9.85. The molecule has 8 nitrogen and oxygen atoms in total. The highest BCUT2D eigenvalue weighted by molar-refractivity contribution is 6.32. The van der Waals surface area contributed by atoms with Crippen LogP contribution in [0.4, 0.5) is 10.1 Å². The van der Waals surface area contributed by atoms with Crippen LogP contribution in [0.15, 0.2) is 53.7 Å². The largest absolute Gasteiger partial charge is 0.481 e. The number of nitrogens with zero attached hydrogens (tertiary/aromatic N) is 3. The van der Waals surface area contributed by atoms with Gasteiger partial charge in [0.25, 0.3) is 11.8 Å². The fourth-order valence-corrected chi connectivity index (χ4v) is 5.14. The molecule has 0 radical (unpaired) electrons. The van der Waals surface area contributed by atoms with E-state index in [1.807, 2.05) is 12.2 Å². The molecule has 3 aliphatic rings. The molecule has 2 aromatic rings. The van der Waals surface area contributed by atoms with Crippen molar-refractivity contribution in [3.63, 3.8) is 0 Å². The number of halogens is 2. The summed E-state index contributed by atoms with van der Waals surface area (Å²) in [6, 6.07) is 8.22. The monoisotopic (exact) mass is 469 g/mol. The van der Waals surface area contributed by atoms with E-state index in [1.165, 1.54) is 36.5 Å². The topological polar surface area (TPSA) is 102 Å². The summed E-state index contributed by atoms with van der Waals surface area (Å²) in [5, 5.41) is 16.4. The molecule has 0 unspecified atom stereocenters. The predicted molar refractivity (Wildman–Crippen MR) is 116 cm³/mol. The standard InChI is InChI=1S/C23H17ClFN3O5/c24-17-7-13(8-18(28(31)32)21(17)33-11-12-2-1-3-16(25)6-12)10-26-27-22(29)19-14-4-5-15(9-14)20(19)23(27)30/h1-8,10,14-15,19-20H,9,11H2/t14-,15-,19-,20+/m0/s1. The van der Waals surface area contributed by atoms with Gasteiger partial charge in [-0.2, -0.15) is 10.1 Å². The molecule has 2 bridgehead atoms. The van der Waals surface area contributed by atoms with Crippen LogP contribution in [0.5, 0.6) is 5.75 Å². The number of nitro groups is 1. The number of nitro benzene ring substituents is 1. The molecule has 5 rings (SSSR count). The van der Waals surface area contributed by atoms with Crippen molar-refractivity contribution >= 4 is 35.3 Å². The van der Waals surface area contributed by atoms with Gasteiger partial charge in [-0.05, 0) is 42.0 Å². The lowest BCUT2D eigenvalue weighted by molar-refractivity contribution is -0.385. The van der Waals surface area contributed by atoms with Crippen LogP contribution < -0.4 is 4.74 Å². The van der Waals surface area contributed by atoms with Gasteiger partial charge in [-0.3, -0.25) is 19.7 Å². The second-order valence-electron chi connectivity index (χ2n) is 8.26. The Morgan fingerprint density at radius 2 is 1.88 bits per heavy atom. The number of ether oxygens (including phenoxy) is 1. The summed E-state index contributed by atoms with van der Waals surface area (Å²) < 4.78 is 18.9. The molecule has 2 fully saturated rings. The lowest BCUT2D eigenvalue weighted by Gasteiger charge is -2.13. The molecule has 0 N–H and O–H groups in total. The van der Waals surface area contributed by atoms with E-state index in [9.17, 15) is 24.1 Å². The Kier molecular flexibility index (Phi) is 5.20. The SMILES string of the molecule is O=C1[C@@H]2[C@H](C(=O)N1N=Cc1cc(Cl)c(OCc3cccc(F)c3)c([N+](=O)[O-])c1)[C@H]1C=C[C@H]2C1. The van der Waals surface area contributed by atoms with Crippen LogP contribution in [0.1, 0.15) is 17.5 Å². The highest BCUT2D eigenvalue weighted by atomic mass is 35.5. The molecule has 0 aromatic heterocycles. The van der Waals surface area contributed by atoms with Gasteiger partial charge in [0.2, 0.25) is 5.75 Å². The number of carbonyl (C=O) groups is 2. The minimum atomic E-state index is -0.663. The molecule has 10 heteroatoms. The number of fused-ring (bicyclic) bond motifs is 5. The van der Waals surface area contributed by atoms with Crippen LogP contribution in [0.25, 0.3) is 0 Å². The third kappa shape index (κ3) is 3.68. The van der Waals surface area contributed by atoms with Crippen molar-refractivity contribution in [1.82, 2.24) is 5.01 Å². The third-order valence-corrected chi connectivity index (χ3v) is 6.57. The Morgan fingerprint density at radius 3 is 2.52 bits per heavy atom. The number of imide groups is 1. The first kappa shape index (κ1) is 21.3. The number of hydrazone groups is 1. The zero-order valence-electron chi connectivity index (χ0n) is 17.1. The number of hydrogen-bond acceptors (Lipinski definition) is 6. The van der Waals surface area contributed by atoms with E-state index in [1.54, 1.807) is 6.07 Å². The second-order valence-corrected chi connectivity index (χ2v) is 8.67. The van der Waals surface area contributed by atoms with Crippen molar-refractivity contribution in [1.29, 1.82) is 0 Å². The van der Waals surface area contributed by atoms with Gasteiger partial charge in [0.05, 0.1) is 28.0 Å². The maximum Gasteiger partial charge on any atom is 0.313 e. The highest BCUT2D eigenvalue weighted by Gasteiger charge is 2.59. The van der Waals surface area contributed by atoms with Gasteiger partial charge in [-0.15, -0.1) is 0 Å². The Bertz CT molecular complexity index is 1220. The van der Waals surface area contributed by atoms with E-state index in [-0.39, 0.29) is 58.4 Å². The summed E-state index contributed by atoms with van der Waals surface area (Å²) in [4.78, 5) is 36.4. The third-order valence-electron chi connectivity index (χ3n) is 6.28. The van der Waals surface area contributed by atoms with Gasteiger partial charge in [0.15, 0.2) is 0 Å². The van der Waals surface area contributed by atoms with Crippen LogP contribution in [0, 0.1) is 39.6 Å². The van der Waals surface area contributed by atoms with E-state index >= 15 is 0 Å². The fraction of sp³-hybridized carbons (Fsp3) is 0.261. The molecule has 1 heterocycles. The summed E-state index contributed by atoms with van der Waals surface area (Å²) >= 11 is 6.23. The van der Waals surface area contributed by atoms with E-state index in [0.717, 1.165) is 11.4 Å². The van der Waals surface area contributed by atoms with E-state index in [2.05, 4.69) is 5.10 Å². The molecule has 2 amide bonds. The predicted octanol–water partition coefficient (Wildman–Crippen LogP) is 4.11. The van der Waals surface area contributed by atoms with Crippen LogP contribution in [0.3, 0.4) is 0 Å². The molecule has 1 saturated heterocycles. The number of allylic oxidation sites excluding steroid dienone is 2. The van der Waals surface area contributed by atoms with Gasteiger partial charge in [-0.1, -0.05) is 35.9 Å². The molecular formula is C23H17ClFN3O5. The maximum atomic E-state index is 13.4. The highest BCUT2D eigenvalue weighted by Crippen LogP contribution is 2.52. The average Bonchev–Trinajstić information content (AvgIpc) is 3.45. The van der Waals surface area contributed by atoms with Crippen LogP contribution in [0.2, 0.25) is 5.02 Å². The summed E-state index contributed by atoms with van der Waals surface area (Å²) in [6.07, 6.45) is 5.97. The Balaban J connectivity index is 1.37. The summed E-state index contributed by atoms with van der Waals surface area (Å²) in [6.45, 7) is -0.123. The Morgan fingerprint density at radius 1 is 1.18 bits per heavy atom. The molecule has 1 saturated carbocycles. The second kappa shape index (κ2) is 8.08. The van der Waals surface area contributed by atoms with Crippen LogP contribution in [-0.4, -0.2) is 28.0 Å². The summed E-state index contributed by atoms with van der Waals surface area (Å²) in [5.41, 5.74) is 0.285. The van der Waals surface area contributed by atoms with Gasteiger partial charge in [0.1, 0.15) is 12.4 Å². The number of amides is 2. The number of carbonyl (C=O) groups excluding carboxylic acids is 2. The Labute approximate surface area is 192 Å². The molecule has 1 aliphatic heterocycles. The number of hydrogen-bond donors (Lipinski definition) is 0. The van der Waals surface area contributed by atoms with Crippen LogP contribution >= 0.6 is 11.6 Å². The molecule has 4 atom stereocenters. The first-order valence-electron chi connectivity index (χ1n) is 10.3. The normalized spacial score (nSPS) is 25.3. The molecular weight excluding hydrogens is 453 g/mol. The van der Waals surface area contributed by atoms with Crippen molar-refractivity contribution < 1.29 is 23.6 Å². The Hall–Kier alpha value is -3.59. The quantitative estimate of drug-likeness (QED) is 0.208. The lowest BCUT2D eigenvalue weighted by Crippen LogP contribution is -2.28. The maximum absolute atomic E-state index is 13.4. The minimum absolute atomic E-state index is 0.0553.